The van der Waals surface area contributed by atoms with Crippen molar-refractivity contribution in [3.8, 4) is 11.1 Å². The second-order valence-corrected chi connectivity index (χ2v) is 9.75. The molecule has 0 saturated carbocycles. The molecule has 2 rings (SSSR count). The molecule has 0 aliphatic carbocycles. The van der Waals surface area contributed by atoms with E-state index in [0.29, 0.717) is 0 Å². The second-order valence-electron chi connectivity index (χ2n) is 9.75. The summed E-state index contributed by atoms with van der Waals surface area (Å²) in [7, 11) is 8.42. The number of anilines is 2. The number of benzene rings is 2. The van der Waals surface area contributed by atoms with Crippen molar-refractivity contribution in [1.82, 2.24) is 0 Å². The summed E-state index contributed by atoms with van der Waals surface area (Å²) in [5.41, 5.74) is 8.14. The Morgan fingerprint density at radius 3 is 1.08 bits per heavy atom. The monoisotopic (exact) mass is 352 g/mol. The SMILES string of the molecule is CN(C)c1ccc(-c2ccc(N(C)C)cc2C(C)(C)C)c(C(C)(C)C)c1. The van der Waals surface area contributed by atoms with Crippen molar-refractivity contribution in [2.75, 3.05) is 38.0 Å². The Kier molecular flexibility index (Phi) is 5.46. The van der Waals surface area contributed by atoms with Crippen molar-refractivity contribution in [2.24, 2.45) is 0 Å². The van der Waals surface area contributed by atoms with Crippen LogP contribution in [0.4, 0.5) is 11.4 Å². The van der Waals surface area contributed by atoms with Crippen molar-refractivity contribution >= 4 is 11.4 Å². The van der Waals surface area contributed by atoms with Crippen LogP contribution in [-0.2, 0) is 10.8 Å². The van der Waals surface area contributed by atoms with Crippen molar-refractivity contribution in [3.63, 3.8) is 0 Å². The largest absolute Gasteiger partial charge is 0.378 e. The van der Waals surface area contributed by atoms with Gasteiger partial charge in [-0.1, -0.05) is 53.7 Å². The summed E-state index contributed by atoms with van der Waals surface area (Å²) in [6.45, 7) is 13.8. The molecular formula is C24H36N2. The van der Waals surface area contributed by atoms with Gasteiger partial charge in [0.25, 0.3) is 0 Å². The molecule has 0 aliphatic rings. The van der Waals surface area contributed by atoms with Crippen molar-refractivity contribution in [2.45, 2.75) is 52.4 Å². The molecule has 0 fully saturated rings. The molecule has 0 unspecified atom stereocenters. The molecule has 0 atom stereocenters. The predicted molar refractivity (Wildman–Crippen MR) is 118 cm³/mol. The van der Waals surface area contributed by atoms with E-state index < -0.39 is 0 Å². The van der Waals surface area contributed by atoms with E-state index in [0.717, 1.165) is 0 Å². The van der Waals surface area contributed by atoms with Gasteiger partial charge in [-0.15, -0.1) is 0 Å². The van der Waals surface area contributed by atoms with Gasteiger partial charge in [-0.05, 0) is 57.3 Å². The molecule has 2 heteroatoms. The first-order valence-electron chi connectivity index (χ1n) is 9.46. The fourth-order valence-corrected chi connectivity index (χ4v) is 3.33. The highest BCUT2D eigenvalue weighted by atomic mass is 15.1. The minimum atomic E-state index is 0.0801. The summed E-state index contributed by atoms with van der Waals surface area (Å²) >= 11 is 0. The number of rotatable bonds is 3. The van der Waals surface area contributed by atoms with Gasteiger partial charge in [0.15, 0.2) is 0 Å². The molecule has 0 heterocycles. The molecule has 0 aliphatic heterocycles. The predicted octanol–water partition coefficient (Wildman–Crippen LogP) is 6.08. The lowest BCUT2D eigenvalue weighted by atomic mass is 9.76. The quantitative estimate of drug-likeness (QED) is 0.660. The zero-order valence-corrected chi connectivity index (χ0v) is 18.4. The highest BCUT2D eigenvalue weighted by Gasteiger charge is 2.25. The van der Waals surface area contributed by atoms with Gasteiger partial charge in [-0.2, -0.15) is 0 Å². The van der Waals surface area contributed by atoms with E-state index in [1.807, 2.05) is 0 Å². The van der Waals surface area contributed by atoms with E-state index in [4.69, 9.17) is 0 Å². The summed E-state index contributed by atoms with van der Waals surface area (Å²) in [4.78, 5) is 4.36. The molecule has 0 saturated heterocycles. The lowest BCUT2D eigenvalue weighted by Crippen LogP contribution is -2.18. The summed E-state index contributed by atoms with van der Waals surface area (Å²) in [6.07, 6.45) is 0. The summed E-state index contributed by atoms with van der Waals surface area (Å²) in [6, 6.07) is 13.8. The maximum atomic E-state index is 2.35. The van der Waals surface area contributed by atoms with E-state index in [9.17, 15) is 0 Å². The zero-order chi connectivity index (χ0) is 19.9. The van der Waals surface area contributed by atoms with E-state index >= 15 is 0 Å². The van der Waals surface area contributed by atoms with E-state index in [1.54, 1.807) is 0 Å². The first-order valence-corrected chi connectivity index (χ1v) is 9.46. The summed E-state index contributed by atoms with van der Waals surface area (Å²) in [5, 5.41) is 0. The minimum absolute atomic E-state index is 0.0801. The number of nitrogens with zero attached hydrogens (tertiary/aromatic N) is 2. The molecule has 2 aromatic rings. The Bertz CT molecular complexity index is 704. The third-order valence-corrected chi connectivity index (χ3v) is 4.95. The average Bonchev–Trinajstić information content (AvgIpc) is 2.52. The van der Waals surface area contributed by atoms with Crippen molar-refractivity contribution in [3.05, 3.63) is 47.5 Å². The fourth-order valence-electron chi connectivity index (χ4n) is 3.33. The van der Waals surface area contributed by atoms with Gasteiger partial charge in [0.2, 0.25) is 0 Å². The smallest absolute Gasteiger partial charge is 0.0364 e. The molecule has 2 nitrogen and oxygen atoms in total. The Morgan fingerprint density at radius 2 is 0.846 bits per heavy atom. The minimum Gasteiger partial charge on any atom is -0.378 e. The molecule has 0 amide bonds. The molecule has 2 aromatic carbocycles. The van der Waals surface area contributed by atoms with Gasteiger partial charge in [-0.3, -0.25) is 0 Å². The summed E-state index contributed by atoms with van der Waals surface area (Å²) < 4.78 is 0. The van der Waals surface area contributed by atoms with Gasteiger partial charge in [-0.25, -0.2) is 0 Å². The number of hydrogen-bond acceptors (Lipinski definition) is 2. The molecule has 0 aromatic heterocycles. The van der Waals surface area contributed by atoms with Crippen molar-refractivity contribution < 1.29 is 0 Å². The van der Waals surface area contributed by atoms with Crippen LogP contribution in [0.2, 0.25) is 0 Å². The maximum absolute atomic E-state index is 2.35. The van der Waals surface area contributed by atoms with Crippen LogP contribution in [-0.4, -0.2) is 28.2 Å². The molecular weight excluding hydrogens is 316 g/mol. The Morgan fingerprint density at radius 1 is 0.538 bits per heavy atom. The molecule has 26 heavy (non-hydrogen) atoms. The average molecular weight is 353 g/mol. The molecule has 142 valence electrons. The fraction of sp³-hybridized carbons (Fsp3) is 0.500. The van der Waals surface area contributed by atoms with Gasteiger partial charge < -0.3 is 9.80 Å². The molecule has 0 N–H and O–H groups in total. The normalized spacial score (nSPS) is 12.2. The second kappa shape index (κ2) is 6.98. The van der Waals surface area contributed by atoms with Crippen molar-refractivity contribution in [1.29, 1.82) is 0 Å². The van der Waals surface area contributed by atoms with E-state index in [2.05, 4.69) is 116 Å². The van der Waals surface area contributed by atoms with Crippen LogP contribution in [0, 0.1) is 0 Å². The van der Waals surface area contributed by atoms with Crippen LogP contribution in [0.3, 0.4) is 0 Å². The highest BCUT2D eigenvalue weighted by molar-refractivity contribution is 5.77. The van der Waals surface area contributed by atoms with Crippen LogP contribution >= 0.6 is 0 Å². The van der Waals surface area contributed by atoms with Gasteiger partial charge >= 0.3 is 0 Å². The van der Waals surface area contributed by atoms with Crippen LogP contribution in [0.25, 0.3) is 11.1 Å². The Labute approximate surface area is 160 Å². The van der Waals surface area contributed by atoms with E-state index in [-0.39, 0.29) is 10.8 Å². The molecule has 0 radical (unpaired) electrons. The molecule has 0 bridgehead atoms. The zero-order valence-electron chi connectivity index (χ0n) is 18.4. The Balaban J connectivity index is 2.79. The maximum Gasteiger partial charge on any atom is 0.0364 e. The van der Waals surface area contributed by atoms with E-state index in [1.165, 1.54) is 33.6 Å². The van der Waals surface area contributed by atoms with Crippen LogP contribution < -0.4 is 9.80 Å². The Hall–Kier alpha value is -1.96. The van der Waals surface area contributed by atoms with Crippen LogP contribution in [0.1, 0.15) is 52.7 Å². The lowest BCUT2D eigenvalue weighted by molar-refractivity contribution is 0.585. The van der Waals surface area contributed by atoms with Crippen LogP contribution in [0.5, 0.6) is 0 Å². The summed E-state index contributed by atoms with van der Waals surface area (Å²) in [5.74, 6) is 0. The van der Waals surface area contributed by atoms with Gasteiger partial charge in [0.1, 0.15) is 0 Å². The first kappa shape index (κ1) is 20.4. The first-order chi connectivity index (χ1) is 11.8. The number of hydrogen-bond donors (Lipinski definition) is 0. The third kappa shape index (κ3) is 4.23. The van der Waals surface area contributed by atoms with Crippen LogP contribution in [0.15, 0.2) is 36.4 Å². The topological polar surface area (TPSA) is 6.48 Å². The lowest BCUT2D eigenvalue weighted by Gasteiger charge is -2.30. The van der Waals surface area contributed by atoms with Gasteiger partial charge in [0, 0.05) is 39.6 Å². The molecule has 0 spiro atoms. The third-order valence-electron chi connectivity index (χ3n) is 4.95. The van der Waals surface area contributed by atoms with Gasteiger partial charge in [0.05, 0.1) is 0 Å². The highest BCUT2D eigenvalue weighted by Crippen LogP contribution is 2.41. The standard InChI is InChI=1S/C24H36N2/c1-23(2,3)21-15-17(25(7)8)11-13-19(21)20-14-12-18(26(9)10)16-22(20)24(4,5)6/h11-16H,1-10H3.